The van der Waals surface area contributed by atoms with Crippen molar-refractivity contribution in [3.63, 3.8) is 0 Å². The van der Waals surface area contributed by atoms with Gasteiger partial charge in [0, 0.05) is 25.1 Å². The molecule has 8 nitrogen and oxygen atoms in total. The van der Waals surface area contributed by atoms with Gasteiger partial charge in [-0.1, -0.05) is 37.3 Å². The standard InChI is InChI=1S/C22H28N2O6/c1-3-16-13-24(22(28)23-21(16)27)20-12-19(29-14(2)25)18(30-20)10-9-17(26)11-15-7-5-4-6-8-15/h4-8,13,17-20,26H,3,9-12H2,1-2H3,(H,23,27,28)/t17-,18-,19?,20-/m0/s1. The molecule has 1 saturated heterocycles. The summed E-state index contributed by atoms with van der Waals surface area (Å²) in [4.78, 5) is 38.0. The molecule has 1 unspecified atom stereocenters. The zero-order chi connectivity index (χ0) is 21.7. The van der Waals surface area contributed by atoms with Crippen LogP contribution in [0.4, 0.5) is 0 Å². The van der Waals surface area contributed by atoms with E-state index in [9.17, 15) is 19.5 Å². The van der Waals surface area contributed by atoms with Crippen LogP contribution in [0.15, 0.2) is 46.1 Å². The van der Waals surface area contributed by atoms with Crippen LogP contribution in [0.3, 0.4) is 0 Å². The normalized spacial score (nSPS) is 22.0. The predicted molar refractivity (Wildman–Crippen MR) is 110 cm³/mol. The molecule has 1 aliphatic heterocycles. The van der Waals surface area contributed by atoms with Crippen molar-refractivity contribution in [3.05, 3.63) is 68.5 Å². The minimum Gasteiger partial charge on any atom is -0.460 e. The van der Waals surface area contributed by atoms with Crippen molar-refractivity contribution in [1.82, 2.24) is 9.55 Å². The molecule has 0 bridgehead atoms. The third-order valence-electron chi connectivity index (χ3n) is 5.33. The van der Waals surface area contributed by atoms with Gasteiger partial charge in [0.15, 0.2) is 0 Å². The van der Waals surface area contributed by atoms with Crippen LogP contribution < -0.4 is 11.2 Å². The van der Waals surface area contributed by atoms with Gasteiger partial charge in [0.2, 0.25) is 0 Å². The lowest BCUT2D eigenvalue weighted by atomic mass is 10.0. The number of rotatable bonds is 8. The largest absolute Gasteiger partial charge is 0.460 e. The highest BCUT2D eigenvalue weighted by Crippen LogP contribution is 2.33. The predicted octanol–water partition coefficient (Wildman–Crippen LogP) is 1.70. The lowest BCUT2D eigenvalue weighted by Crippen LogP contribution is -2.34. The summed E-state index contributed by atoms with van der Waals surface area (Å²) in [6.45, 7) is 3.16. The summed E-state index contributed by atoms with van der Waals surface area (Å²) in [6, 6.07) is 9.70. The van der Waals surface area contributed by atoms with Crippen LogP contribution in [0.5, 0.6) is 0 Å². The molecule has 4 atom stereocenters. The molecule has 162 valence electrons. The summed E-state index contributed by atoms with van der Waals surface area (Å²) in [5.74, 6) is -0.429. The number of hydrogen-bond donors (Lipinski definition) is 2. The fourth-order valence-electron chi connectivity index (χ4n) is 3.80. The number of nitrogens with one attached hydrogen (secondary N) is 1. The Bertz CT molecular complexity index is 968. The molecule has 0 spiro atoms. The van der Waals surface area contributed by atoms with E-state index in [1.807, 2.05) is 37.3 Å². The van der Waals surface area contributed by atoms with Gasteiger partial charge in [-0.05, 0) is 31.2 Å². The number of carbonyl (C=O) groups is 1. The lowest BCUT2D eigenvalue weighted by molar-refractivity contribution is -0.149. The van der Waals surface area contributed by atoms with Gasteiger partial charge in [-0.3, -0.25) is 19.1 Å². The van der Waals surface area contributed by atoms with Crippen LogP contribution >= 0.6 is 0 Å². The smallest absolute Gasteiger partial charge is 0.330 e. The van der Waals surface area contributed by atoms with Crippen LogP contribution in [0.2, 0.25) is 0 Å². The maximum atomic E-state index is 12.3. The van der Waals surface area contributed by atoms with E-state index in [0.29, 0.717) is 37.7 Å². The number of nitrogens with zero attached hydrogens (tertiary/aromatic N) is 1. The Balaban J connectivity index is 1.69. The van der Waals surface area contributed by atoms with Crippen molar-refractivity contribution >= 4 is 5.97 Å². The highest BCUT2D eigenvalue weighted by atomic mass is 16.6. The van der Waals surface area contributed by atoms with Crippen LogP contribution in [-0.2, 0) is 27.1 Å². The van der Waals surface area contributed by atoms with Crippen molar-refractivity contribution in [2.45, 2.75) is 70.5 Å². The first-order chi connectivity index (χ1) is 14.4. The van der Waals surface area contributed by atoms with Crippen molar-refractivity contribution in [1.29, 1.82) is 0 Å². The van der Waals surface area contributed by atoms with Gasteiger partial charge in [0.1, 0.15) is 12.3 Å². The maximum Gasteiger partial charge on any atom is 0.330 e. The summed E-state index contributed by atoms with van der Waals surface area (Å²) < 4.78 is 12.8. The Hall–Kier alpha value is -2.71. The molecule has 8 heteroatoms. The van der Waals surface area contributed by atoms with E-state index in [4.69, 9.17) is 9.47 Å². The van der Waals surface area contributed by atoms with Gasteiger partial charge in [-0.15, -0.1) is 0 Å². The molecule has 2 aromatic rings. The number of aryl methyl sites for hydroxylation is 1. The van der Waals surface area contributed by atoms with Gasteiger partial charge in [0.25, 0.3) is 5.56 Å². The highest BCUT2D eigenvalue weighted by molar-refractivity contribution is 5.66. The van der Waals surface area contributed by atoms with E-state index in [-0.39, 0.29) is 0 Å². The molecule has 30 heavy (non-hydrogen) atoms. The fraction of sp³-hybridized carbons (Fsp3) is 0.500. The number of carbonyl (C=O) groups excluding carboxylic acids is 1. The zero-order valence-corrected chi connectivity index (χ0v) is 17.2. The van der Waals surface area contributed by atoms with Gasteiger partial charge >= 0.3 is 11.7 Å². The Morgan fingerprint density at radius 1 is 1.33 bits per heavy atom. The molecule has 3 rings (SSSR count). The van der Waals surface area contributed by atoms with Gasteiger partial charge in [0.05, 0.1) is 12.2 Å². The SMILES string of the molecule is CCc1cn([C@@H]2CC(OC(C)=O)[C@H](CC[C@H](O)Cc3ccccc3)O2)c(=O)[nH]c1=O. The van der Waals surface area contributed by atoms with E-state index in [1.165, 1.54) is 17.7 Å². The number of benzene rings is 1. The fourth-order valence-corrected chi connectivity index (χ4v) is 3.80. The summed E-state index contributed by atoms with van der Waals surface area (Å²) in [6.07, 6.45) is 1.55. The number of aromatic nitrogens is 2. The molecule has 2 N–H and O–H groups in total. The number of aliphatic hydroxyl groups is 1. The third kappa shape index (κ3) is 5.46. The van der Waals surface area contributed by atoms with E-state index >= 15 is 0 Å². The van der Waals surface area contributed by atoms with E-state index in [0.717, 1.165) is 5.56 Å². The quantitative estimate of drug-likeness (QED) is 0.634. The molecule has 2 heterocycles. The average molecular weight is 416 g/mol. The second-order valence-electron chi connectivity index (χ2n) is 7.61. The third-order valence-corrected chi connectivity index (χ3v) is 5.33. The summed E-state index contributed by atoms with van der Waals surface area (Å²) in [5, 5.41) is 10.4. The van der Waals surface area contributed by atoms with E-state index in [2.05, 4.69) is 4.98 Å². The summed E-state index contributed by atoms with van der Waals surface area (Å²) in [7, 11) is 0. The Kier molecular flexibility index (Phi) is 7.23. The van der Waals surface area contributed by atoms with Crippen LogP contribution in [0, 0.1) is 0 Å². The molecule has 1 aromatic heterocycles. The number of aromatic amines is 1. The Morgan fingerprint density at radius 3 is 2.73 bits per heavy atom. The first-order valence-corrected chi connectivity index (χ1v) is 10.3. The summed E-state index contributed by atoms with van der Waals surface area (Å²) >= 11 is 0. The van der Waals surface area contributed by atoms with Crippen molar-refractivity contribution in [3.8, 4) is 0 Å². The first-order valence-electron chi connectivity index (χ1n) is 10.3. The molecule has 1 aromatic carbocycles. The molecule has 1 aliphatic rings. The van der Waals surface area contributed by atoms with Crippen molar-refractivity contribution < 1.29 is 19.4 Å². The van der Waals surface area contributed by atoms with Crippen molar-refractivity contribution in [2.24, 2.45) is 0 Å². The first kappa shape index (κ1) is 22.0. The van der Waals surface area contributed by atoms with Crippen LogP contribution in [0.25, 0.3) is 0 Å². The maximum absolute atomic E-state index is 12.3. The minimum atomic E-state index is -0.653. The molecule has 0 saturated carbocycles. The van der Waals surface area contributed by atoms with E-state index in [1.54, 1.807) is 0 Å². The molecule has 0 radical (unpaired) electrons. The second kappa shape index (κ2) is 9.86. The van der Waals surface area contributed by atoms with E-state index < -0.39 is 41.8 Å². The van der Waals surface area contributed by atoms with Gasteiger partial charge in [-0.2, -0.15) is 0 Å². The lowest BCUT2D eigenvalue weighted by Gasteiger charge is -2.20. The molecular weight excluding hydrogens is 388 g/mol. The zero-order valence-electron chi connectivity index (χ0n) is 17.2. The topological polar surface area (TPSA) is 111 Å². The molecular formula is C22H28N2O6. The van der Waals surface area contributed by atoms with Gasteiger partial charge < -0.3 is 14.6 Å². The number of esters is 1. The van der Waals surface area contributed by atoms with Crippen LogP contribution in [0.1, 0.15) is 50.5 Å². The highest BCUT2D eigenvalue weighted by Gasteiger charge is 2.39. The van der Waals surface area contributed by atoms with Crippen LogP contribution in [-0.4, -0.2) is 38.9 Å². The van der Waals surface area contributed by atoms with Gasteiger partial charge in [-0.25, -0.2) is 4.79 Å². The average Bonchev–Trinajstić information content (AvgIpc) is 3.09. The molecule has 0 aliphatic carbocycles. The summed E-state index contributed by atoms with van der Waals surface area (Å²) in [5.41, 5.74) is 0.546. The van der Waals surface area contributed by atoms with Crippen molar-refractivity contribution in [2.75, 3.05) is 0 Å². The number of aliphatic hydroxyl groups excluding tert-OH is 1. The number of H-pyrrole nitrogens is 1. The Morgan fingerprint density at radius 2 is 2.07 bits per heavy atom. The molecule has 0 amide bonds. The number of ether oxygens (including phenoxy) is 2. The Labute approximate surface area is 174 Å². The number of hydrogen-bond acceptors (Lipinski definition) is 6. The monoisotopic (exact) mass is 416 g/mol. The minimum absolute atomic E-state index is 0.300. The molecule has 1 fully saturated rings. The second-order valence-corrected chi connectivity index (χ2v) is 7.61.